The number of rotatable bonds is 6. The van der Waals surface area contributed by atoms with E-state index in [0.717, 1.165) is 0 Å². The zero-order chi connectivity index (χ0) is 15.1. The van der Waals surface area contributed by atoms with Crippen molar-refractivity contribution in [3.8, 4) is 0 Å². The van der Waals surface area contributed by atoms with E-state index in [0.29, 0.717) is 0 Å². The first-order valence-corrected chi connectivity index (χ1v) is 6.37. The van der Waals surface area contributed by atoms with Gasteiger partial charge >= 0.3 is 0 Å². The fourth-order valence-corrected chi connectivity index (χ4v) is 2.35. The molecule has 9 nitrogen and oxygen atoms in total. The van der Waals surface area contributed by atoms with Crippen LogP contribution in [0.1, 0.15) is 13.3 Å². The van der Waals surface area contributed by atoms with Crippen LogP contribution in [0.3, 0.4) is 0 Å². The lowest BCUT2D eigenvalue weighted by atomic mass is 9.79. The summed E-state index contributed by atoms with van der Waals surface area (Å²) in [5, 5.41) is 34.9. The number of aliphatic hydroxyl groups is 3. The number of aliphatic hydroxyl groups excluding tert-OH is 3. The largest absolute Gasteiger partial charge is 0.396 e. The SMILES string of the molecule is CC(=O)N[C@@H]1[C@@H](O)[C@@H](O)[C@H](CO)C[C@H]1OCCN=[N+]=[N-]. The summed E-state index contributed by atoms with van der Waals surface area (Å²) in [5.41, 5.74) is 8.17. The molecule has 9 heteroatoms. The molecule has 1 aliphatic rings. The minimum Gasteiger partial charge on any atom is -0.396 e. The number of hydrogen-bond donors (Lipinski definition) is 4. The maximum Gasteiger partial charge on any atom is 0.217 e. The Morgan fingerprint density at radius 2 is 2.20 bits per heavy atom. The summed E-state index contributed by atoms with van der Waals surface area (Å²) in [4.78, 5) is 13.8. The predicted octanol–water partition coefficient (Wildman–Crippen LogP) is -1.08. The highest BCUT2D eigenvalue weighted by Crippen LogP contribution is 2.27. The highest BCUT2D eigenvalue weighted by Gasteiger charge is 2.44. The van der Waals surface area contributed by atoms with Gasteiger partial charge in [0.1, 0.15) is 6.10 Å². The molecule has 0 saturated heterocycles. The Bertz CT molecular complexity index is 374. The van der Waals surface area contributed by atoms with E-state index >= 15 is 0 Å². The number of nitrogens with zero attached hydrogens (tertiary/aromatic N) is 3. The Morgan fingerprint density at radius 3 is 2.75 bits per heavy atom. The summed E-state index contributed by atoms with van der Waals surface area (Å²) in [6, 6.07) is -0.767. The quantitative estimate of drug-likeness (QED) is 0.212. The van der Waals surface area contributed by atoms with Gasteiger partial charge in [-0.3, -0.25) is 4.79 Å². The fraction of sp³-hybridized carbons (Fsp3) is 0.909. The van der Waals surface area contributed by atoms with Crippen LogP contribution in [-0.2, 0) is 9.53 Å². The molecule has 20 heavy (non-hydrogen) atoms. The monoisotopic (exact) mass is 288 g/mol. The number of hydrogen-bond acceptors (Lipinski definition) is 6. The van der Waals surface area contributed by atoms with E-state index in [4.69, 9.17) is 10.3 Å². The van der Waals surface area contributed by atoms with E-state index in [9.17, 15) is 20.1 Å². The molecular weight excluding hydrogens is 268 g/mol. The third-order valence-corrected chi connectivity index (χ3v) is 3.33. The van der Waals surface area contributed by atoms with Crippen LogP contribution in [0.4, 0.5) is 0 Å². The molecular formula is C11H20N4O5. The summed E-state index contributed by atoms with van der Waals surface area (Å²) in [6.45, 7) is 1.27. The van der Waals surface area contributed by atoms with E-state index in [1.54, 1.807) is 0 Å². The number of carbonyl (C=O) groups is 1. The first-order valence-electron chi connectivity index (χ1n) is 6.37. The van der Waals surface area contributed by atoms with Crippen molar-refractivity contribution in [2.75, 3.05) is 19.8 Å². The van der Waals surface area contributed by atoms with Crippen LogP contribution >= 0.6 is 0 Å². The maximum atomic E-state index is 11.2. The van der Waals surface area contributed by atoms with Crippen molar-refractivity contribution < 1.29 is 24.9 Å². The Balaban J connectivity index is 2.72. The molecule has 0 aromatic heterocycles. The zero-order valence-electron chi connectivity index (χ0n) is 11.2. The van der Waals surface area contributed by atoms with E-state index in [2.05, 4.69) is 15.3 Å². The van der Waals surface area contributed by atoms with Gasteiger partial charge in [0.25, 0.3) is 0 Å². The maximum absolute atomic E-state index is 11.2. The van der Waals surface area contributed by atoms with Crippen molar-refractivity contribution in [2.24, 2.45) is 11.0 Å². The second-order valence-electron chi connectivity index (χ2n) is 4.75. The Morgan fingerprint density at radius 1 is 1.50 bits per heavy atom. The van der Waals surface area contributed by atoms with Crippen molar-refractivity contribution in [2.45, 2.75) is 37.7 Å². The molecule has 4 N–H and O–H groups in total. The summed E-state index contributed by atoms with van der Waals surface area (Å²) in [5.74, 6) is -0.883. The van der Waals surface area contributed by atoms with Gasteiger partial charge < -0.3 is 25.4 Å². The van der Waals surface area contributed by atoms with Crippen LogP contribution in [0, 0.1) is 5.92 Å². The van der Waals surface area contributed by atoms with Gasteiger partial charge in [-0.1, -0.05) is 5.11 Å². The second kappa shape index (κ2) is 8.03. The van der Waals surface area contributed by atoms with Crippen molar-refractivity contribution >= 4 is 5.91 Å². The average molecular weight is 288 g/mol. The van der Waals surface area contributed by atoms with Crippen molar-refractivity contribution in [1.29, 1.82) is 0 Å². The molecule has 0 radical (unpaired) electrons. The van der Waals surface area contributed by atoms with Crippen LogP contribution in [0.15, 0.2) is 5.11 Å². The molecule has 0 aliphatic heterocycles. The summed E-state index contributed by atoms with van der Waals surface area (Å²) in [6.07, 6.45) is -2.64. The van der Waals surface area contributed by atoms with Gasteiger partial charge in [0.05, 0.1) is 24.9 Å². The predicted molar refractivity (Wildman–Crippen MR) is 68.6 cm³/mol. The van der Waals surface area contributed by atoms with E-state index in [1.165, 1.54) is 6.92 Å². The lowest BCUT2D eigenvalue weighted by Gasteiger charge is -2.42. The van der Waals surface area contributed by atoms with Gasteiger partial charge in [0.15, 0.2) is 0 Å². The summed E-state index contributed by atoms with van der Waals surface area (Å²) in [7, 11) is 0. The minimum atomic E-state index is -1.23. The normalized spacial score (nSPS) is 33.3. The van der Waals surface area contributed by atoms with Gasteiger partial charge in [-0.05, 0) is 12.0 Å². The van der Waals surface area contributed by atoms with Crippen molar-refractivity contribution in [1.82, 2.24) is 5.32 Å². The molecule has 0 aromatic rings. The molecule has 0 heterocycles. The number of ether oxygens (including phenoxy) is 1. The molecule has 0 bridgehead atoms. The second-order valence-corrected chi connectivity index (χ2v) is 4.75. The van der Waals surface area contributed by atoms with Gasteiger partial charge in [-0.2, -0.15) is 0 Å². The van der Waals surface area contributed by atoms with E-state index in [-0.39, 0.29) is 32.1 Å². The highest BCUT2D eigenvalue weighted by atomic mass is 16.5. The summed E-state index contributed by atoms with van der Waals surface area (Å²) >= 11 is 0. The molecule has 0 aromatic carbocycles. The van der Waals surface area contributed by atoms with E-state index < -0.39 is 30.3 Å². The van der Waals surface area contributed by atoms with Gasteiger partial charge in [-0.15, -0.1) is 0 Å². The first-order chi connectivity index (χ1) is 9.51. The lowest BCUT2D eigenvalue weighted by Crippen LogP contribution is -2.61. The Hall–Kier alpha value is -1.38. The molecule has 1 aliphatic carbocycles. The molecule has 0 spiro atoms. The molecule has 1 amide bonds. The van der Waals surface area contributed by atoms with Crippen LogP contribution in [-0.4, -0.2) is 65.3 Å². The molecule has 1 fully saturated rings. The van der Waals surface area contributed by atoms with Gasteiger partial charge in [0, 0.05) is 30.9 Å². The minimum absolute atomic E-state index is 0.127. The number of carbonyl (C=O) groups excluding carboxylic acids is 1. The third kappa shape index (κ3) is 4.32. The van der Waals surface area contributed by atoms with Gasteiger partial charge in [-0.25, -0.2) is 0 Å². The van der Waals surface area contributed by atoms with Crippen molar-refractivity contribution in [3.63, 3.8) is 0 Å². The van der Waals surface area contributed by atoms with Crippen molar-refractivity contribution in [3.05, 3.63) is 10.4 Å². The first kappa shape index (κ1) is 16.7. The van der Waals surface area contributed by atoms with Crippen LogP contribution in [0.5, 0.6) is 0 Å². The van der Waals surface area contributed by atoms with E-state index in [1.807, 2.05) is 0 Å². The molecule has 114 valence electrons. The fourth-order valence-electron chi connectivity index (χ4n) is 2.35. The highest BCUT2D eigenvalue weighted by molar-refractivity contribution is 5.73. The summed E-state index contributed by atoms with van der Waals surface area (Å²) < 4.78 is 5.49. The van der Waals surface area contributed by atoms with Crippen LogP contribution in [0.2, 0.25) is 0 Å². The number of nitrogens with one attached hydrogen (secondary N) is 1. The van der Waals surface area contributed by atoms with Crippen LogP contribution < -0.4 is 5.32 Å². The zero-order valence-corrected chi connectivity index (χ0v) is 11.2. The lowest BCUT2D eigenvalue weighted by molar-refractivity contribution is -0.141. The standard InChI is InChI=1S/C11H20N4O5/c1-6(17)14-9-8(20-3-2-13-15-12)4-7(5-16)10(18)11(9)19/h7-11,16,18-19H,2-5H2,1H3,(H,14,17)/t7-,8+,9-,10-,11+/m0/s1. The number of amides is 1. The number of azide groups is 1. The molecule has 0 unspecified atom stereocenters. The average Bonchev–Trinajstić information content (AvgIpc) is 2.41. The Labute approximate surface area is 116 Å². The molecule has 5 atom stereocenters. The topological polar surface area (TPSA) is 148 Å². The third-order valence-electron chi connectivity index (χ3n) is 3.33. The smallest absolute Gasteiger partial charge is 0.217 e. The van der Waals surface area contributed by atoms with Gasteiger partial charge in [0.2, 0.25) is 5.91 Å². The molecule has 1 saturated carbocycles. The Kier molecular flexibility index (Phi) is 6.69. The molecule has 1 rings (SSSR count). The van der Waals surface area contributed by atoms with Crippen LogP contribution in [0.25, 0.3) is 10.4 Å².